The van der Waals surface area contributed by atoms with Gasteiger partial charge in [0.25, 0.3) is 0 Å². The van der Waals surface area contributed by atoms with Gasteiger partial charge in [-0.2, -0.15) is 0 Å². The summed E-state index contributed by atoms with van der Waals surface area (Å²) in [7, 11) is 0. The molecule has 2 rings (SSSR count). The number of aromatic nitrogens is 1. The molecule has 0 aromatic carbocycles. The molecule has 1 aliphatic heterocycles. The van der Waals surface area contributed by atoms with Gasteiger partial charge in [-0.3, -0.25) is 9.69 Å². The minimum Gasteiger partial charge on any atom is -0.296 e. The first kappa shape index (κ1) is 11.9. The second-order valence-corrected chi connectivity index (χ2v) is 5.18. The van der Waals surface area contributed by atoms with Gasteiger partial charge in [-0.15, -0.1) is 11.6 Å². The summed E-state index contributed by atoms with van der Waals surface area (Å²) in [6.45, 7) is 2.66. The van der Waals surface area contributed by atoms with E-state index >= 15 is 0 Å². The largest absolute Gasteiger partial charge is 0.296 e. The fraction of sp³-hybridized carbons (Fsp3) is 0.455. The number of hydrogen-bond acceptors (Lipinski definition) is 2. The smallest absolute Gasteiger partial charge is 0.228 e. The Morgan fingerprint density at radius 3 is 3.00 bits per heavy atom. The number of pyridine rings is 1. The van der Waals surface area contributed by atoms with Crippen LogP contribution in [0, 0.1) is 12.8 Å². The van der Waals surface area contributed by atoms with Crippen LogP contribution in [0.1, 0.15) is 12.0 Å². The third-order valence-corrected chi connectivity index (χ3v) is 4.00. The molecule has 3 nitrogen and oxygen atoms in total. The second-order valence-electron chi connectivity index (χ2n) is 4.02. The predicted molar refractivity (Wildman–Crippen MR) is 67.9 cm³/mol. The number of alkyl halides is 1. The van der Waals surface area contributed by atoms with Gasteiger partial charge in [0.05, 0.1) is 0 Å². The first-order valence-corrected chi connectivity index (χ1v) is 6.43. The zero-order valence-corrected chi connectivity index (χ0v) is 11.3. The summed E-state index contributed by atoms with van der Waals surface area (Å²) in [6, 6.07) is 1.92. The van der Waals surface area contributed by atoms with Crippen LogP contribution in [0.2, 0.25) is 0 Å². The lowest BCUT2D eigenvalue weighted by molar-refractivity contribution is -0.117. The van der Waals surface area contributed by atoms with Crippen LogP contribution < -0.4 is 4.90 Å². The molecule has 16 heavy (non-hydrogen) atoms. The van der Waals surface area contributed by atoms with Crippen molar-refractivity contribution in [3.05, 3.63) is 22.3 Å². The quantitative estimate of drug-likeness (QED) is 0.787. The second kappa shape index (κ2) is 4.72. The number of amides is 1. The van der Waals surface area contributed by atoms with Gasteiger partial charge in [-0.05, 0) is 40.4 Å². The number of hydrogen-bond donors (Lipinski definition) is 0. The van der Waals surface area contributed by atoms with Crippen LogP contribution in [0.25, 0.3) is 0 Å². The minimum absolute atomic E-state index is 0.111. The van der Waals surface area contributed by atoms with Crippen LogP contribution in [-0.4, -0.2) is 23.3 Å². The number of halogens is 2. The molecule has 0 aliphatic carbocycles. The maximum Gasteiger partial charge on any atom is 0.228 e. The van der Waals surface area contributed by atoms with Gasteiger partial charge >= 0.3 is 0 Å². The van der Waals surface area contributed by atoms with Crippen LogP contribution in [-0.2, 0) is 4.79 Å². The third kappa shape index (κ3) is 2.23. The van der Waals surface area contributed by atoms with Crippen LogP contribution >= 0.6 is 27.5 Å². The lowest BCUT2D eigenvalue weighted by atomic mass is 10.1. The van der Waals surface area contributed by atoms with Crippen molar-refractivity contribution in [1.82, 2.24) is 4.98 Å². The van der Waals surface area contributed by atoms with Crippen LogP contribution in [0.4, 0.5) is 5.82 Å². The van der Waals surface area contributed by atoms with E-state index in [2.05, 4.69) is 20.9 Å². The van der Waals surface area contributed by atoms with Crippen molar-refractivity contribution < 1.29 is 4.79 Å². The molecule has 0 saturated carbocycles. The van der Waals surface area contributed by atoms with Crippen molar-refractivity contribution in [2.24, 2.45) is 5.92 Å². The molecule has 1 aromatic rings. The molecule has 0 bridgehead atoms. The Labute approximate surface area is 108 Å². The first-order valence-electron chi connectivity index (χ1n) is 5.10. The molecule has 1 atom stereocenters. The normalized spacial score (nSPS) is 20.6. The summed E-state index contributed by atoms with van der Waals surface area (Å²) in [5.41, 5.74) is 1.08. The monoisotopic (exact) mass is 302 g/mol. The summed E-state index contributed by atoms with van der Waals surface area (Å²) >= 11 is 9.17. The van der Waals surface area contributed by atoms with Crippen LogP contribution in [0.3, 0.4) is 0 Å². The predicted octanol–water partition coefficient (Wildman–Crippen LogP) is 2.74. The van der Waals surface area contributed by atoms with E-state index in [-0.39, 0.29) is 11.8 Å². The van der Waals surface area contributed by atoms with Gasteiger partial charge in [0.15, 0.2) is 0 Å². The molecule has 0 radical (unpaired) electrons. The summed E-state index contributed by atoms with van der Waals surface area (Å²) in [4.78, 5) is 17.7. The van der Waals surface area contributed by atoms with Crippen LogP contribution in [0.5, 0.6) is 0 Å². The summed E-state index contributed by atoms with van der Waals surface area (Å²) in [6.07, 6.45) is 2.26. The highest BCUT2D eigenvalue weighted by Gasteiger charge is 2.30. The van der Waals surface area contributed by atoms with Gasteiger partial charge < -0.3 is 0 Å². The molecule has 0 N–H and O–H groups in total. The Balaban J connectivity index is 2.24. The molecular formula is C11H12BrClN2O. The molecule has 5 heteroatoms. The highest BCUT2D eigenvalue weighted by Crippen LogP contribution is 2.26. The van der Waals surface area contributed by atoms with Gasteiger partial charge in [0, 0.05) is 29.5 Å². The van der Waals surface area contributed by atoms with E-state index in [0.717, 1.165) is 15.9 Å². The number of anilines is 1. The lowest BCUT2D eigenvalue weighted by Crippen LogP contribution is -2.25. The van der Waals surface area contributed by atoms with E-state index in [0.29, 0.717) is 18.8 Å². The van der Waals surface area contributed by atoms with E-state index in [1.807, 2.05) is 13.0 Å². The molecule has 2 heterocycles. The SMILES string of the molecule is Cc1cc(N2CC(CCl)CC2=O)ncc1Br. The van der Waals surface area contributed by atoms with Crippen LogP contribution in [0.15, 0.2) is 16.7 Å². The fourth-order valence-electron chi connectivity index (χ4n) is 1.78. The van der Waals surface area contributed by atoms with Crippen molar-refractivity contribution in [3.8, 4) is 0 Å². The number of rotatable bonds is 2. The minimum atomic E-state index is 0.111. The Hall–Kier alpha value is -0.610. The van der Waals surface area contributed by atoms with Gasteiger partial charge in [-0.1, -0.05) is 0 Å². The van der Waals surface area contributed by atoms with Crippen molar-refractivity contribution >= 4 is 39.3 Å². The van der Waals surface area contributed by atoms with Crippen molar-refractivity contribution in [2.45, 2.75) is 13.3 Å². The fourth-order valence-corrected chi connectivity index (χ4v) is 2.20. The Kier molecular flexibility index (Phi) is 3.50. The first-order chi connectivity index (χ1) is 7.61. The molecular weight excluding hydrogens is 291 g/mol. The van der Waals surface area contributed by atoms with E-state index < -0.39 is 0 Å². The average molecular weight is 304 g/mol. The molecule has 0 spiro atoms. The molecule has 1 amide bonds. The van der Waals surface area contributed by atoms with Gasteiger partial charge in [0.1, 0.15) is 5.82 Å². The standard InChI is InChI=1S/C11H12BrClN2O/c1-7-2-10(14-5-9(7)12)15-6-8(4-13)3-11(15)16/h2,5,8H,3-4,6H2,1H3. The average Bonchev–Trinajstić information content (AvgIpc) is 2.64. The molecule has 1 aromatic heterocycles. The maximum absolute atomic E-state index is 11.8. The molecule has 86 valence electrons. The van der Waals surface area contributed by atoms with E-state index in [1.54, 1.807) is 11.1 Å². The van der Waals surface area contributed by atoms with Crippen molar-refractivity contribution in [1.29, 1.82) is 0 Å². The zero-order chi connectivity index (χ0) is 11.7. The number of carbonyl (C=O) groups excluding carboxylic acids is 1. The Bertz CT molecular complexity index is 424. The third-order valence-electron chi connectivity index (χ3n) is 2.73. The summed E-state index contributed by atoms with van der Waals surface area (Å²) < 4.78 is 0.955. The van der Waals surface area contributed by atoms with E-state index in [1.165, 1.54) is 0 Å². The number of carbonyl (C=O) groups is 1. The van der Waals surface area contributed by atoms with Gasteiger partial charge in [-0.25, -0.2) is 4.98 Å². The molecule has 1 unspecified atom stereocenters. The highest BCUT2D eigenvalue weighted by molar-refractivity contribution is 9.10. The number of nitrogens with zero attached hydrogens (tertiary/aromatic N) is 2. The zero-order valence-electron chi connectivity index (χ0n) is 8.91. The lowest BCUT2D eigenvalue weighted by Gasteiger charge is -2.15. The number of aryl methyl sites for hydroxylation is 1. The Morgan fingerprint density at radius 2 is 2.44 bits per heavy atom. The highest BCUT2D eigenvalue weighted by atomic mass is 79.9. The molecule has 1 aliphatic rings. The molecule has 1 saturated heterocycles. The van der Waals surface area contributed by atoms with E-state index in [4.69, 9.17) is 11.6 Å². The Morgan fingerprint density at radius 1 is 1.69 bits per heavy atom. The summed E-state index contributed by atoms with van der Waals surface area (Å²) in [5, 5.41) is 0. The summed E-state index contributed by atoms with van der Waals surface area (Å²) in [5.74, 6) is 1.61. The van der Waals surface area contributed by atoms with Crippen molar-refractivity contribution in [2.75, 3.05) is 17.3 Å². The van der Waals surface area contributed by atoms with Gasteiger partial charge in [0.2, 0.25) is 5.91 Å². The molecule has 1 fully saturated rings. The van der Waals surface area contributed by atoms with E-state index in [9.17, 15) is 4.79 Å². The van der Waals surface area contributed by atoms with Crippen molar-refractivity contribution in [3.63, 3.8) is 0 Å². The topological polar surface area (TPSA) is 33.2 Å². The maximum atomic E-state index is 11.8.